The Hall–Kier alpha value is -1.58. The smallest absolute Gasteiger partial charge is 0.196 e. The number of hydrogen-bond acceptors (Lipinski definition) is 1. The molecule has 1 saturated carbocycles. The Kier molecular flexibility index (Phi) is 3.08. The zero-order chi connectivity index (χ0) is 11.5. The van der Waals surface area contributed by atoms with Crippen LogP contribution in [0.1, 0.15) is 19.8 Å². The monoisotopic (exact) mass is 221 g/mol. The summed E-state index contributed by atoms with van der Waals surface area (Å²) in [6.07, 6.45) is 2.19. The quantitative estimate of drug-likeness (QED) is 0.627. The highest BCUT2D eigenvalue weighted by atomic mass is 19.1. The second-order valence-electron chi connectivity index (χ2n) is 3.91. The molecule has 0 amide bonds. The Morgan fingerprint density at radius 2 is 2.19 bits per heavy atom. The van der Waals surface area contributed by atoms with Gasteiger partial charge in [0.25, 0.3) is 0 Å². The summed E-state index contributed by atoms with van der Waals surface area (Å²) in [5, 5.41) is 0. The van der Waals surface area contributed by atoms with Crippen LogP contribution in [0.25, 0.3) is 0 Å². The van der Waals surface area contributed by atoms with Crippen molar-refractivity contribution in [2.24, 2.45) is 10.7 Å². The number of nitrogens with two attached hydrogens (primary N) is 1. The number of benzene rings is 1. The van der Waals surface area contributed by atoms with Crippen molar-refractivity contribution >= 4 is 11.6 Å². The standard InChI is InChI=1S/C12H16FN3/c1-2-16(12(14)15-9-7-8-9)11-6-4-3-5-10(11)13/h3-6,9H,2,7-8H2,1H3,(H2,14,15). The first-order chi connectivity index (χ1) is 7.72. The van der Waals surface area contributed by atoms with Crippen molar-refractivity contribution < 1.29 is 4.39 Å². The van der Waals surface area contributed by atoms with Gasteiger partial charge in [-0.25, -0.2) is 9.38 Å². The number of para-hydroxylation sites is 1. The molecule has 86 valence electrons. The van der Waals surface area contributed by atoms with Crippen LogP contribution in [0.15, 0.2) is 29.3 Å². The maximum Gasteiger partial charge on any atom is 0.196 e. The number of anilines is 1. The molecule has 1 aliphatic carbocycles. The van der Waals surface area contributed by atoms with Gasteiger partial charge in [-0.3, -0.25) is 0 Å². The fourth-order valence-corrected chi connectivity index (χ4v) is 1.59. The van der Waals surface area contributed by atoms with E-state index in [0.717, 1.165) is 12.8 Å². The van der Waals surface area contributed by atoms with E-state index in [9.17, 15) is 4.39 Å². The van der Waals surface area contributed by atoms with Crippen molar-refractivity contribution in [1.29, 1.82) is 0 Å². The van der Waals surface area contributed by atoms with Gasteiger partial charge in [-0.2, -0.15) is 0 Å². The highest BCUT2D eigenvalue weighted by Gasteiger charge is 2.22. The summed E-state index contributed by atoms with van der Waals surface area (Å²) in [6.45, 7) is 2.55. The number of halogens is 1. The summed E-state index contributed by atoms with van der Waals surface area (Å²) in [6, 6.07) is 6.96. The van der Waals surface area contributed by atoms with Crippen LogP contribution in [0.4, 0.5) is 10.1 Å². The Morgan fingerprint density at radius 3 is 2.75 bits per heavy atom. The fraction of sp³-hybridized carbons (Fsp3) is 0.417. The maximum atomic E-state index is 13.6. The molecule has 16 heavy (non-hydrogen) atoms. The summed E-state index contributed by atoms with van der Waals surface area (Å²) in [5.41, 5.74) is 6.37. The third kappa shape index (κ3) is 2.32. The van der Waals surface area contributed by atoms with E-state index < -0.39 is 0 Å². The average Bonchev–Trinajstić information content (AvgIpc) is 3.06. The molecule has 0 unspecified atom stereocenters. The van der Waals surface area contributed by atoms with E-state index in [4.69, 9.17) is 5.73 Å². The van der Waals surface area contributed by atoms with Crippen LogP contribution in [0.2, 0.25) is 0 Å². The zero-order valence-electron chi connectivity index (χ0n) is 9.36. The predicted octanol–water partition coefficient (Wildman–Crippen LogP) is 2.13. The molecule has 4 heteroatoms. The first-order valence-corrected chi connectivity index (χ1v) is 5.57. The van der Waals surface area contributed by atoms with Crippen molar-refractivity contribution in [3.05, 3.63) is 30.1 Å². The summed E-state index contributed by atoms with van der Waals surface area (Å²) in [4.78, 5) is 6.03. The second-order valence-corrected chi connectivity index (χ2v) is 3.91. The first kappa shape index (κ1) is 10.9. The highest BCUT2D eigenvalue weighted by molar-refractivity contribution is 5.95. The molecule has 1 aromatic rings. The van der Waals surface area contributed by atoms with Gasteiger partial charge in [-0.15, -0.1) is 0 Å². The largest absolute Gasteiger partial charge is 0.370 e. The minimum Gasteiger partial charge on any atom is -0.370 e. The van der Waals surface area contributed by atoms with Gasteiger partial charge in [0.15, 0.2) is 5.96 Å². The molecule has 0 saturated heterocycles. The van der Waals surface area contributed by atoms with E-state index in [1.54, 1.807) is 23.1 Å². The van der Waals surface area contributed by atoms with E-state index in [-0.39, 0.29) is 5.82 Å². The van der Waals surface area contributed by atoms with E-state index in [2.05, 4.69) is 4.99 Å². The van der Waals surface area contributed by atoms with Crippen LogP contribution in [0.5, 0.6) is 0 Å². The van der Waals surface area contributed by atoms with Gasteiger partial charge in [-0.05, 0) is 31.9 Å². The van der Waals surface area contributed by atoms with Gasteiger partial charge in [0.1, 0.15) is 5.82 Å². The van der Waals surface area contributed by atoms with Gasteiger partial charge in [0.05, 0.1) is 11.7 Å². The molecule has 0 radical (unpaired) electrons. The van der Waals surface area contributed by atoms with Gasteiger partial charge in [0, 0.05) is 6.54 Å². The zero-order valence-corrected chi connectivity index (χ0v) is 9.36. The van der Waals surface area contributed by atoms with Gasteiger partial charge < -0.3 is 10.6 Å². The topological polar surface area (TPSA) is 41.6 Å². The molecule has 3 nitrogen and oxygen atoms in total. The van der Waals surface area contributed by atoms with Gasteiger partial charge in [-0.1, -0.05) is 12.1 Å². The Labute approximate surface area is 94.8 Å². The molecule has 0 aliphatic heterocycles. The molecule has 0 spiro atoms. The molecule has 0 atom stereocenters. The lowest BCUT2D eigenvalue weighted by Crippen LogP contribution is -2.38. The molecular weight excluding hydrogens is 205 g/mol. The van der Waals surface area contributed by atoms with Crippen molar-refractivity contribution in [2.75, 3.05) is 11.4 Å². The van der Waals surface area contributed by atoms with Crippen LogP contribution in [0, 0.1) is 5.82 Å². The van der Waals surface area contributed by atoms with E-state index in [1.165, 1.54) is 6.07 Å². The van der Waals surface area contributed by atoms with E-state index in [1.807, 2.05) is 6.92 Å². The predicted molar refractivity (Wildman–Crippen MR) is 64.1 cm³/mol. The molecule has 1 aromatic carbocycles. The van der Waals surface area contributed by atoms with Crippen molar-refractivity contribution in [3.8, 4) is 0 Å². The number of hydrogen-bond donors (Lipinski definition) is 1. The van der Waals surface area contributed by atoms with E-state index in [0.29, 0.717) is 24.2 Å². The molecule has 1 aliphatic rings. The molecule has 1 fully saturated rings. The van der Waals surface area contributed by atoms with Gasteiger partial charge >= 0.3 is 0 Å². The number of guanidine groups is 1. The lowest BCUT2D eigenvalue weighted by molar-refractivity contribution is 0.626. The molecule has 2 rings (SSSR count). The molecule has 2 N–H and O–H groups in total. The van der Waals surface area contributed by atoms with E-state index >= 15 is 0 Å². The van der Waals surface area contributed by atoms with Crippen molar-refractivity contribution in [1.82, 2.24) is 0 Å². The van der Waals surface area contributed by atoms with Gasteiger partial charge in [0.2, 0.25) is 0 Å². The highest BCUT2D eigenvalue weighted by Crippen LogP contribution is 2.25. The summed E-state index contributed by atoms with van der Waals surface area (Å²) in [5.74, 6) is 0.147. The summed E-state index contributed by atoms with van der Waals surface area (Å²) < 4.78 is 13.6. The lowest BCUT2D eigenvalue weighted by atomic mass is 10.3. The van der Waals surface area contributed by atoms with Crippen LogP contribution >= 0.6 is 0 Å². The van der Waals surface area contributed by atoms with Crippen molar-refractivity contribution in [3.63, 3.8) is 0 Å². The third-order valence-corrected chi connectivity index (χ3v) is 2.60. The fourth-order valence-electron chi connectivity index (χ4n) is 1.59. The maximum absolute atomic E-state index is 13.6. The van der Waals surface area contributed by atoms with Crippen molar-refractivity contribution in [2.45, 2.75) is 25.8 Å². The molecule has 0 heterocycles. The number of aliphatic imine (C=N–C) groups is 1. The molecule has 0 aromatic heterocycles. The Balaban J connectivity index is 2.24. The number of nitrogens with zero attached hydrogens (tertiary/aromatic N) is 2. The SMILES string of the molecule is CCN(C(N)=NC1CC1)c1ccccc1F. The normalized spacial score (nSPS) is 16.2. The Morgan fingerprint density at radius 1 is 1.50 bits per heavy atom. The minimum absolute atomic E-state index is 0.265. The van der Waals surface area contributed by atoms with Crippen LogP contribution in [-0.2, 0) is 0 Å². The summed E-state index contributed by atoms with van der Waals surface area (Å²) in [7, 11) is 0. The van der Waals surface area contributed by atoms with Crippen LogP contribution in [-0.4, -0.2) is 18.5 Å². The number of rotatable bonds is 3. The Bertz CT molecular complexity index is 399. The third-order valence-electron chi connectivity index (χ3n) is 2.60. The average molecular weight is 221 g/mol. The molecule has 0 bridgehead atoms. The molecular formula is C12H16FN3. The minimum atomic E-state index is -0.265. The van der Waals surface area contributed by atoms with Crippen LogP contribution < -0.4 is 10.6 Å². The second kappa shape index (κ2) is 4.51. The first-order valence-electron chi connectivity index (χ1n) is 5.57. The van der Waals surface area contributed by atoms with Crippen LogP contribution in [0.3, 0.4) is 0 Å². The lowest BCUT2D eigenvalue weighted by Gasteiger charge is -2.22. The summed E-state index contributed by atoms with van der Waals surface area (Å²) >= 11 is 0.